The molecule has 4 amide bonds. The van der Waals surface area contributed by atoms with Gasteiger partial charge in [0.15, 0.2) is 0 Å². The number of amides is 4. The third-order valence-corrected chi connectivity index (χ3v) is 6.63. The molecular weight excluding hydrogens is 545 g/mol. The van der Waals surface area contributed by atoms with Gasteiger partial charge in [0.1, 0.15) is 17.9 Å². The molecule has 0 bridgehead atoms. The van der Waals surface area contributed by atoms with Gasteiger partial charge in [-0.25, -0.2) is 9.69 Å². The van der Waals surface area contributed by atoms with Crippen LogP contribution in [0, 0.1) is 6.92 Å². The molecule has 0 atom stereocenters. The Hall–Kier alpha value is -4.63. The Bertz CT molecular complexity index is 1720. The van der Waals surface area contributed by atoms with E-state index in [4.69, 9.17) is 16.3 Å². The summed E-state index contributed by atoms with van der Waals surface area (Å²) >= 11 is 6.10. The number of hydrogen-bond acceptors (Lipinski definition) is 4. The van der Waals surface area contributed by atoms with E-state index in [0.29, 0.717) is 27.7 Å². The van der Waals surface area contributed by atoms with Crippen LogP contribution in [0.1, 0.15) is 22.3 Å². The molecule has 0 radical (unpaired) electrons. The Morgan fingerprint density at radius 2 is 1.73 bits per heavy atom. The molecule has 1 N–H and O–H groups in total. The molecule has 1 saturated heterocycles. The molecule has 0 unspecified atom stereocenters. The quantitative estimate of drug-likeness (QED) is 0.208. The number of ether oxygens (including phenoxy) is 1. The van der Waals surface area contributed by atoms with E-state index in [2.05, 4.69) is 0 Å². The normalized spacial score (nSPS) is 15.1. The molecule has 4 aromatic rings. The number of hydrogen-bond donors (Lipinski definition) is 1. The lowest BCUT2D eigenvalue weighted by Crippen LogP contribution is -2.54. The summed E-state index contributed by atoms with van der Waals surface area (Å²) in [4.78, 5) is 39.5. The topological polar surface area (TPSA) is 75.7 Å². The standard InChI is InChI=1S/C30H20ClF3N2O4/c1-17-5-4-6-18(13-17)16-40-26-12-9-19-7-2-3-8-21(19)22(26)15-23-27(37)35-29(39)36(28(23)38)25-14-20(30(32,33)34)10-11-24(25)31/h2-15H,16H2,1H3,(H,35,37,39)/b23-15-. The average Bonchev–Trinajstić information content (AvgIpc) is 2.90. The Kier molecular flexibility index (Phi) is 7.08. The number of rotatable bonds is 5. The van der Waals surface area contributed by atoms with Gasteiger partial charge in [-0.1, -0.05) is 71.8 Å². The first-order chi connectivity index (χ1) is 19.0. The fraction of sp³-hybridized carbons (Fsp3) is 0.100. The molecule has 0 aliphatic carbocycles. The molecule has 40 heavy (non-hydrogen) atoms. The van der Waals surface area contributed by atoms with Crippen LogP contribution in [0.2, 0.25) is 5.02 Å². The summed E-state index contributed by atoms with van der Waals surface area (Å²) in [6, 6.07) is 19.5. The van der Waals surface area contributed by atoms with Gasteiger partial charge in [0.2, 0.25) is 0 Å². The summed E-state index contributed by atoms with van der Waals surface area (Å²) in [7, 11) is 0. The molecule has 0 spiro atoms. The van der Waals surface area contributed by atoms with Crippen LogP contribution in [0.5, 0.6) is 5.75 Å². The highest BCUT2D eigenvalue weighted by Crippen LogP contribution is 2.37. The van der Waals surface area contributed by atoms with Gasteiger partial charge in [0.05, 0.1) is 16.3 Å². The predicted molar refractivity (Wildman–Crippen MR) is 145 cm³/mol. The highest BCUT2D eigenvalue weighted by atomic mass is 35.5. The number of carbonyl (C=O) groups excluding carboxylic acids is 3. The summed E-state index contributed by atoms with van der Waals surface area (Å²) in [6.45, 7) is 2.15. The van der Waals surface area contributed by atoms with Crippen molar-refractivity contribution in [1.29, 1.82) is 0 Å². The Morgan fingerprint density at radius 3 is 2.48 bits per heavy atom. The number of fused-ring (bicyclic) bond motifs is 1. The van der Waals surface area contributed by atoms with Gasteiger partial charge in [-0.3, -0.25) is 14.9 Å². The van der Waals surface area contributed by atoms with E-state index >= 15 is 0 Å². The summed E-state index contributed by atoms with van der Waals surface area (Å²) in [5.41, 5.74) is 0.222. The average molecular weight is 565 g/mol. The number of urea groups is 1. The fourth-order valence-corrected chi connectivity index (χ4v) is 4.60. The molecule has 0 aromatic heterocycles. The van der Waals surface area contributed by atoms with Gasteiger partial charge in [-0.2, -0.15) is 13.2 Å². The molecule has 1 aliphatic rings. The van der Waals surface area contributed by atoms with E-state index in [0.717, 1.165) is 28.6 Å². The Balaban J connectivity index is 1.60. The van der Waals surface area contributed by atoms with Gasteiger partial charge in [-0.05, 0) is 53.6 Å². The third-order valence-electron chi connectivity index (χ3n) is 6.31. The number of nitrogens with zero attached hydrogens (tertiary/aromatic N) is 1. The second-order valence-corrected chi connectivity index (χ2v) is 9.51. The summed E-state index contributed by atoms with van der Waals surface area (Å²) in [5.74, 6) is -1.78. The Labute approximate surface area is 231 Å². The van der Waals surface area contributed by atoms with E-state index in [1.165, 1.54) is 6.08 Å². The minimum atomic E-state index is -4.75. The second kappa shape index (κ2) is 10.5. The lowest BCUT2D eigenvalue weighted by atomic mass is 9.99. The number of anilines is 1. The molecule has 10 heteroatoms. The lowest BCUT2D eigenvalue weighted by molar-refractivity contribution is -0.137. The zero-order chi connectivity index (χ0) is 28.6. The van der Waals surface area contributed by atoms with Crippen molar-refractivity contribution in [3.05, 3.63) is 112 Å². The molecule has 6 nitrogen and oxygen atoms in total. The number of aryl methyl sites for hydroxylation is 1. The minimum absolute atomic E-state index is 0.195. The maximum atomic E-state index is 13.5. The summed E-state index contributed by atoms with van der Waals surface area (Å²) in [6.07, 6.45) is -3.48. The van der Waals surface area contributed by atoms with Gasteiger partial charge < -0.3 is 4.74 Å². The molecule has 5 rings (SSSR count). The van der Waals surface area contributed by atoms with Crippen molar-refractivity contribution < 1.29 is 32.3 Å². The molecule has 0 saturated carbocycles. The van der Waals surface area contributed by atoms with E-state index in [1.54, 1.807) is 18.2 Å². The predicted octanol–water partition coefficient (Wildman–Crippen LogP) is 7.07. The number of carbonyl (C=O) groups is 3. The van der Waals surface area contributed by atoms with Crippen molar-refractivity contribution in [2.45, 2.75) is 19.7 Å². The lowest BCUT2D eigenvalue weighted by Gasteiger charge is -2.27. The van der Waals surface area contributed by atoms with Crippen molar-refractivity contribution in [3.8, 4) is 5.75 Å². The number of alkyl halides is 3. The monoisotopic (exact) mass is 564 g/mol. The maximum absolute atomic E-state index is 13.5. The fourth-order valence-electron chi connectivity index (χ4n) is 4.39. The van der Waals surface area contributed by atoms with Crippen molar-refractivity contribution >= 4 is 52.0 Å². The number of halogens is 4. The van der Waals surface area contributed by atoms with Gasteiger partial charge in [0, 0.05) is 5.56 Å². The van der Waals surface area contributed by atoms with Gasteiger partial charge in [0.25, 0.3) is 11.8 Å². The first kappa shape index (κ1) is 27.0. The molecular formula is C30H20ClF3N2O4. The molecule has 202 valence electrons. The minimum Gasteiger partial charge on any atom is -0.488 e. The number of benzene rings is 4. The number of imide groups is 2. The van der Waals surface area contributed by atoms with Crippen molar-refractivity contribution in [3.63, 3.8) is 0 Å². The summed E-state index contributed by atoms with van der Waals surface area (Å²) in [5, 5.41) is 3.18. The van der Waals surface area contributed by atoms with Crippen molar-refractivity contribution in [2.24, 2.45) is 0 Å². The molecule has 4 aromatic carbocycles. The van der Waals surface area contributed by atoms with Crippen LogP contribution < -0.4 is 15.0 Å². The van der Waals surface area contributed by atoms with E-state index in [9.17, 15) is 27.6 Å². The van der Waals surface area contributed by atoms with Crippen LogP contribution in [0.3, 0.4) is 0 Å². The van der Waals surface area contributed by atoms with E-state index in [-0.39, 0.29) is 11.6 Å². The van der Waals surface area contributed by atoms with Crippen LogP contribution in [0.15, 0.2) is 84.4 Å². The van der Waals surface area contributed by atoms with Crippen LogP contribution in [0.4, 0.5) is 23.7 Å². The van der Waals surface area contributed by atoms with Crippen LogP contribution in [-0.4, -0.2) is 17.8 Å². The maximum Gasteiger partial charge on any atom is 0.416 e. The molecule has 1 fully saturated rings. The highest BCUT2D eigenvalue weighted by Gasteiger charge is 2.39. The van der Waals surface area contributed by atoms with Crippen molar-refractivity contribution in [2.75, 3.05) is 4.90 Å². The zero-order valence-corrected chi connectivity index (χ0v) is 21.6. The van der Waals surface area contributed by atoms with Crippen LogP contribution in [0.25, 0.3) is 16.8 Å². The molecule has 1 heterocycles. The molecule has 1 aliphatic heterocycles. The smallest absolute Gasteiger partial charge is 0.416 e. The third kappa shape index (κ3) is 5.28. The SMILES string of the molecule is Cc1cccc(COc2ccc3ccccc3c2/C=C2/C(=O)NC(=O)N(c3cc(C(F)(F)F)ccc3Cl)C2=O)c1. The number of nitrogens with one attached hydrogen (secondary N) is 1. The first-order valence-electron chi connectivity index (χ1n) is 12.0. The second-order valence-electron chi connectivity index (χ2n) is 9.10. The number of barbiturate groups is 1. The van der Waals surface area contributed by atoms with E-state index in [1.807, 2.05) is 54.7 Å². The first-order valence-corrected chi connectivity index (χ1v) is 12.4. The highest BCUT2D eigenvalue weighted by molar-refractivity contribution is 6.42. The Morgan fingerprint density at radius 1 is 0.950 bits per heavy atom. The van der Waals surface area contributed by atoms with Gasteiger partial charge >= 0.3 is 12.2 Å². The zero-order valence-electron chi connectivity index (χ0n) is 20.9. The van der Waals surface area contributed by atoms with Crippen molar-refractivity contribution in [1.82, 2.24) is 5.32 Å². The van der Waals surface area contributed by atoms with Crippen LogP contribution in [-0.2, 0) is 22.4 Å². The van der Waals surface area contributed by atoms with Crippen LogP contribution >= 0.6 is 11.6 Å². The van der Waals surface area contributed by atoms with Gasteiger partial charge in [-0.15, -0.1) is 0 Å². The van der Waals surface area contributed by atoms with E-state index < -0.39 is 40.8 Å². The summed E-state index contributed by atoms with van der Waals surface area (Å²) < 4.78 is 46.2. The largest absolute Gasteiger partial charge is 0.488 e.